The SMILES string of the molecule is CC1CCCCN1c1ccc([N+](=O)[O-])cc1N. The number of hydrogen-bond donors (Lipinski definition) is 1. The number of anilines is 2. The van der Waals surface area contributed by atoms with E-state index < -0.39 is 4.92 Å². The number of benzene rings is 1. The van der Waals surface area contributed by atoms with Crippen molar-refractivity contribution < 1.29 is 4.92 Å². The van der Waals surface area contributed by atoms with Gasteiger partial charge in [0.25, 0.3) is 5.69 Å². The van der Waals surface area contributed by atoms with Gasteiger partial charge in [0.2, 0.25) is 0 Å². The summed E-state index contributed by atoms with van der Waals surface area (Å²) < 4.78 is 0. The number of rotatable bonds is 2. The van der Waals surface area contributed by atoms with Crippen LogP contribution in [0.4, 0.5) is 17.1 Å². The van der Waals surface area contributed by atoms with E-state index in [0.29, 0.717) is 11.7 Å². The van der Waals surface area contributed by atoms with E-state index in [1.165, 1.54) is 18.6 Å². The first-order valence-electron chi connectivity index (χ1n) is 5.90. The van der Waals surface area contributed by atoms with Gasteiger partial charge in [-0.25, -0.2) is 0 Å². The van der Waals surface area contributed by atoms with Crippen LogP contribution >= 0.6 is 0 Å². The van der Waals surface area contributed by atoms with Gasteiger partial charge in [0, 0.05) is 24.7 Å². The number of nitrogens with two attached hydrogens (primary N) is 1. The molecule has 17 heavy (non-hydrogen) atoms. The Labute approximate surface area is 100 Å². The van der Waals surface area contributed by atoms with Crippen LogP contribution in [0.3, 0.4) is 0 Å². The molecule has 1 heterocycles. The summed E-state index contributed by atoms with van der Waals surface area (Å²) in [5, 5.41) is 10.6. The second-order valence-electron chi connectivity index (χ2n) is 4.54. The lowest BCUT2D eigenvalue weighted by Crippen LogP contribution is -2.37. The Hall–Kier alpha value is -1.78. The van der Waals surface area contributed by atoms with E-state index in [9.17, 15) is 10.1 Å². The highest BCUT2D eigenvalue weighted by molar-refractivity contribution is 5.71. The Bertz CT molecular complexity index is 434. The van der Waals surface area contributed by atoms with Crippen molar-refractivity contribution in [2.75, 3.05) is 17.2 Å². The average Bonchev–Trinajstić information content (AvgIpc) is 2.30. The van der Waals surface area contributed by atoms with Gasteiger partial charge in [0.15, 0.2) is 0 Å². The van der Waals surface area contributed by atoms with Crippen LogP contribution < -0.4 is 10.6 Å². The largest absolute Gasteiger partial charge is 0.397 e. The van der Waals surface area contributed by atoms with E-state index >= 15 is 0 Å². The van der Waals surface area contributed by atoms with Gasteiger partial charge >= 0.3 is 0 Å². The summed E-state index contributed by atoms with van der Waals surface area (Å²) >= 11 is 0. The van der Waals surface area contributed by atoms with Crippen molar-refractivity contribution in [3.05, 3.63) is 28.3 Å². The summed E-state index contributed by atoms with van der Waals surface area (Å²) in [6.07, 6.45) is 3.54. The third kappa shape index (κ3) is 2.33. The molecule has 0 amide bonds. The van der Waals surface area contributed by atoms with Crippen LogP contribution in [0.2, 0.25) is 0 Å². The van der Waals surface area contributed by atoms with Crippen molar-refractivity contribution in [2.24, 2.45) is 0 Å². The molecule has 0 spiro atoms. The minimum atomic E-state index is -0.417. The Morgan fingerprint density at radius 2 is 2.24 bits per heavy atom. The normalized spacial score (nSPS) is 20.3. The van der Waals surface area contributed by atoms with Gasteiger partial charge in [-0.3, -0.25) is 10.1 Å². The number of nitro benzene ring substituents is 1. The third-order valence-corrected chi connectivity index (χ3v) is 3.33. The monoisotopic (exact) mass is 235 g/mol. The highest BCUT2D eigenvalue weighted by Gasteiger charge is 2.21. The lowest BCUT2D eigenvalue weighted by atomic mass is 10.0. The third-order valence-electron chi connectivity index (χ3n) is 3.33. The average molecular weight is 235 g/mol. The molecule has 1 saturated heterocycles. The van der Waals surface area contributed by atoms with Crippen molar-refractivity contribution >= 4 is 17.1 Å². The molecule has 0 bridgehead atoms. The quantitative estimate of drug-likeness (QED) is 0.485. The molecule has 1 unspecified atom stereocenters. The van der Waals surface area contributed by atoms with E-state index in [2.05, 4.69) is 11.8 Å². The molecule has 5 heteroatoms. The van der Waals surface area contributed by atoms with Crippen LogP contribution in [0.15, 0.2) is 18.2 Å². The second kappa shape index (κ2) is 4.61. The summed E-state index contributed by atoms with van der Waals surface area (Å²) in [5.41, 5.74) is 7.37. The molecule has 1 aromatic rings. The molecule has 1 aliphatic heterocycles. The zero-order valence-electron chi connectivity index (χ0n) is 9.93. The molecule has 5 nitrogen and oxygen atoms in total. The number of nitrogen functional groups attached to an aromatic ring is 1. The lowest BCUT2D eigenvalue weighted by Gasteiger charge is -2.36. The molecular weight excluding hydrogens is 218 g/mol. The minimum absolute atomic E-state index is 0.0518. The number of non-ortho nitro benzene ring substituents is 1. The molecular formula is C12H17N3O2. The molecule has 0 radical (unpaired) electrons. The predicted molar refractivity (Wildman–Crippen MR) is 68.2 cm³/mol. The predicted octanol–water partition coefficient (Wildman–Crippen LogP) is 2.56. The fraction of sp³-hybridized carbons (Fsp3) is 0.500. The molecule has 0 aromatic heterocycles. The van der Waals surface area contributed by atoms with Crippen LogP contribution in [-0.2, 0) is 0 Å². The first-order chi connectivity index (χ1) is 8.09. The topological polar surface area (TPSA) is 72.4 Å². The maximum atomic E-state index is 10.6. The lowest BCUT2D eigenvalue weighted by molar-refractivity contribution is -0.384. The first-order valence-corrected chi connectivity index (χ1v) is 5.90. The fourth-order valence-electron chi connectivity index (χ4n) is 2.37. The minimum Gasteiger partial charge on any atom is -0.397 e. The first kappa shape index (κ1) is 11.7. The Morgan fingerprint density at radius 3 is 2.82 bits per heavy atom. The molecule has 1 atom stereocenters. The van der Waals surface area contributed by atoms with Gasteiger partial charge < -0.3 is 10.6 Å². The Kier molecular flexibility index (Phi) is 3.17. The Balaban J connectivity index is 2.29. The maximum absolute atomic E-state index is 10.6. The summed E-state index contributed by atoms with van der Waals surface area (Å²) in [7, 11) is 0. The van der Waals surface area contributed by atoms with E-state index in [0.717, 1.165) is 25.1 Å². The van der Waals surface area contributed by atoms with Gasteiger partial charge in [-0.15, -0.1) is 0 Å². The molecule has 92 valence electrons. The Morgan fingerprint density at radius 1 is 1.47 bits per heavy atom. The van der Waals surface area contributed by atoms with Crippen LogP contribution in [0.5, 0.6) is 0 Å². The van der Waals surface area contributed by atoms with Crippen LogP contribution in [0.25, 0.3) is 0 Å². The van der Waals surface area contributed by atoms with E-state index in [4.69, 9.17) is 5.73 Å². The van der Waals surface area contributed by atoms with Crippen molar-refractivity contribution in [1.29, 1.82) is 0 Å². The smallest absolute Gasteiger partial charge is 0.271 e. The summed E-state index contributed by atoms with van der Waals surface area (Å²) in [6.45, 7) is 3.14. The molecule has 1 fully saturated rings. The zero-order valence-corrected chi connectivity index (χ0v) is 9.93. The number of hydrogen-bond acceptors (Lipinski definition) is 4. The molecule has 1 aromatic carbocycles. The number of nitro groups is 1. The number of nitrogens with zero attached hydrogens (tertiary/aromatic N) is 2. The van der Waals surface area contributed by atoms with Crippen molar-refractivity contribution in [2.45, 2.75) is 32.2 Å². The highest BCUT2D eigenvalue weighted by Crippen LogP contribution is 2.31. The van der Waals surface area contributed by atoms with Gasteiger partial charge in [-0.1, -0.05) is 0 Å². The van der Waals surface area contributed by atoms with Crippen LogP contribution in [0, 0.1) is 10.1 Å². The summed E-state index contributed by atoms with van der Waals surface area (Å²) in [5.74, 6) is 0. The van der Waals surface area contributed by atoms with Gasteiger partial charge in [-0.05, 0) is 32.3 Å². The van der Waals surface area contributed by atoms with Gasteiger partial charge in [0.05, 0.1) is 16.3 Å². The number of piperidine rings is 1. The van der Waals surface area contributed by atoms with Crippen LogP contribution in [-0.4, -0.2) is 17.5 Å². The van der Waals surface area contributed by atoms with Crippen molar-refractivity contribution in [3.8, 4) is 0 Å². The fourth-order valence-corrected chi connectivity index (χ4v) is 2.37. The second-order valence-corrected chi connectivity index (χ2v) is 4.54. The molecule has 2 N–H and O–H groups in total. The maximum Gasteiger partial charge on any atom is 0.271 e. The zero-order chi connectivity index (χ0) is 12.4. The van der Waals surface area contributed by atoms with E-state index in [-0.39, 0.29) is 5.69 Å². The van der Waals surface area contributed by atoms with E-state index in [1.807, 2.05) is 0 Å². The van der Waals surface area contributed by atoms with Crippen molar-refractivity contribution in [3.63, 3.8) is 0 Å². The van der Waals surface area contributed by atoms with Crippen LogP contribution in [0.1, 0.15) is 26.2 Å². The highest BCUT2D eigenvalue weighted by atomic mass is 16.6. The molecule has 1 aliphatic rings. The van der Waals surface area contributed by atoms with E-state index in [1.54, 1.807) is 6.07 Å². The van der Waals surface area contributed by atoms with Gasteiger partial charge in [-0.2, -0.15) is 0 Å². The molecule has 2 rings (SSSR count). The molecule has 0 aliphatic carbocycles. The standard InChI is InChI=1S/C12H17N3O2/c1-9-4-2-3-7-14(9)12-6-5-10(15(16)17)8-11(12)13/h5-6,8-9H,2-4,7,13H2,1H3. The van der Waals surface area contributed by atoms with Gasteiger partial charge in [0.1, 0.15) is 0 Å². The molecule has 0 saturated carbocycles. The summed E-state index contributed by atoms with van der Waals surface area (Å²) in [6, 6.07) is 5.17. The summed E-state index contributed by atoms with van der Waals surface area (Å²) in [4.78, 5) is 12.5. The van der Waals surface area contributed by atoms with Crippen molar-refractivity contribution in [1.82, 2.24) is 0 Å².